The van der Waals surface area contributed by atoms with Crippen LogP contribution in [0.3, 0.4) is 0 Å². The third-order valence-electron chi connectivity index (χ3n) is 2.95. The molecule has 0 saturated carbocycles. The topological polar surface area (TPSA) is 51.1 Å². The average molecular weight is 370 g/mol. The Kier molecular flexibility index (Phi) is 4.85. The summed E-state index contributed by atoms with van der Waals surface area (Å²) in [6, 6.07) is 7.00. The number of rotatable bonds is 3. The van der Waals surface area contributed by atoms with Gasteiger partial charge in [0.05, 0.1) is 4.47 Å². The Labute approximate surface area is 135 Å². The largest absolute Gasteiger partial charge is 0.324 e. The molecule has 1 amide bonds. The molecule has 1 aromatic carbocycles. The molecule has 110 valence electrons. The molecule has 1 heterocycles. The summed E-state index contributed by atoms with van der Waals surface area (Å²) in [6.07, 6.45) is 1.65. The highest BCUT2D eigenvalue weighted by atomic mass is 79.9. The summed E-state index contributed by atoms with van der Waals surface area (Å²) in [7, 11) is 0. The molecule has 21 heavy (non-hydrogen) atoms. The molecule has 0 fully saturated rings. The maximum absolute atomic E-state index is 12.0. The van der Waals surface area contributed by atoms with E-state index >= 15 is 0 Å². The van der Waals surface area contributed by atoms with Crippen molar-refractivity contribution in [3.05, 3.63) is 61.4 Å². The molecule has 0 radical (unpaired) electrons. The number of aromatic nitrogens is 1. The van der Waals surface area contributed by atoms with Gasteiger partial charge in [-0.2, -0.15) is 0 Å². The third-order valence-corrected chi connectivity index (χ3v) is 3.92. The lowest BCUT2D eigenvalue weighted by molar-refractivity contribution is -0.116. The number of halogens is 2. The van der Waals surface area contributed by atoms with Gasteiger partial charge in [0.1, 0.15) is 6.54 Å². The van der Waals surface area contributed by atoms with E-state index in [1.54, 1.807) is 24.4 Å². The van der Waals surface area contributed by atoms with Crippen LogP contribution in [0.2, 0.25) is 5.02 Å². The number of nitrogens with one attached hydrogen (secondary N) is 1. The summed E-state index contributed by atoms with van der Waals surface area (Å²) in [5.41, 5.74) is 2.20. The van der Waals surface area contributed by atoms with Gasteiger partial charge in [0.2, 0.25) is 5.91 Å². The Balaban J connectivity index is 2.15. The zero-order chi connectivity index (χ0) is 15.6. The van der Waals surface area contributed by atoms with Gasteiger partial charge in [0, 0.05) is 16.9 Å². The zero-order valence-corrected chi connectivity index (χ0v) is 14.0. The van der Waals surface area contributed by atoms with Gasteiger partial charge in [-0.1, -0.05) is 17.7 Å². The molecule has 1 N–H and O–H groups in total. The third kappa shape index (κ3) is 3.95. The SMILES string of the molecule is Cc1cc(Br)c(=O)n(CC(=O)Nc2ccc(C)c(Cl)c2)c1. The molecule has 0 aliphatic heterocycles. The molecule has 0 bridgehead atoms. The minimum absolute atomic E-state index is 0.0510. The van der Waals surface area contributed by atoms with Crippen molar-refractivity contribution >= 4 is 39.1 Å². The van der Waals surface area contributed by atoms with Crippen LogP contribution >= 0.6 is 27.5 Å². The van der Waals surface area contributed by atoms with Crippen LogP contribution in [0, 0.1) is 13.8 Å². The van der Waals surface area contributed by atoms with Crippen LogP contribution in [0.25, 0.3) is 0 Å². The maximum Gasteiger partial charge on any atom is 0.265 e. The summed E-state index contributed by atoms with van der Waals surface area (Å²) >= 11 is 9.20. The van der Waals surface area contributed by atoms with Gasteiger partial charge in [0.25, 0.3) is 5.56 Å². The Hall–Kier alpha value is -1.59. The second-order valence-electron chi connectivity index (χ2n) is 4.81. The number of hydrogen-bond donors (Lipinski definition) is 1. The number of carbonyl (C=O) groups excluding carboxylic acids is 1. The highest BCUT2D eigenvalue weighted by Gasteiger charge is 2.08. The molecule has 0 aliphatic carbocycles. The van der Waals surface area contributed by atoms with E-state index < -0.39 is 0 Å². The summed E-state index contributed by atoms with van der Waals surface area (Å²) in [5, 5.41) is 3.31. The predicted molar refractivity (Wildman–Crippen MR) is 88.0 cm³/mol. The van der Waals surface area contributed by atoms with Crippen molar-refractivity contribution in [3.8, 4) is 0 Å². The molecule has 6 heteroatoms. The quantitative estimate of drug-likeness (QED) is 0.900. The van der Waals surface area contributed by atoms with Gasteiger partial charge < -0.3 is 9.88 Å². The van der Waals surface area contributed by atoms with Crippen molar-refractivity contribution in [3.63, 3.8) is 0 Å². The lowest BCUT2D eigenvalue weighted by Crippen LogP contribution is -2.27. The van der Waals surface area contributed by atoms with Gasteiger partial charge in [0.15, 0.2) is 0 Å². The molecule has 1 aromatic heterocycles. The maximum atomic E-state index is 12.0. The van der Waals surface area contributed by atoms with Crippen molar-refractivity contribution in [2.75, 3.05) is 5.32 Å². The lowest BCUT2D eigenvalue weighted by atomic mass is 10.2. The van der Waals surface area contributed by atoms with Crippen LogP contribution in [0.15, 0.2) is 39.7 Å². The van der Waals surface area contributed by atoms with E-state index in [-0.39, 0.29) is 18.0 Å². The van der Waals surface area contributed by atoms with E-state index in [1.807, 2.05) is 19.9 Å². The predicted octanol–water partition coefficient (Wildman–Crippen LogP) is 3.52. The van der Waals surface area contributed by atoms with Crippen LogP contribution in [-0.2, 0) is 11.3 Å². The van der Waals surface area contributed by atoms with Gasteiger partial charge in [-0.15, -0.1) is 0 Å². The summed E-state index contributed by atoms with van der Waals surface area (Å²) in [4.78, 5) is 23.9. The first-order valence-corrected chi connectivity index (χ1v) is 7.46. The normalized spacial score (nSPS) is 10.5. The van der Waals surface area contributed by atoms with Crippen LogP contribution < -0.4 is 10.9 Å². The van der Waals surface area contributed by atoms with Crippen LogP contribution in [0.4, 0.5) is 5.69 Å². The summed E-state index contributed by atoms with van der Waals surface area (Å²) in [6.45, 7) is 3.70. The van der Waals surface area contributed by atoms with E-state index in [1.165, 1.54) is 4.57 Å². The Bertz CT molecular complexity index is 756. The van der Waals surface area contributed by atoms with Crippen LogP contribution in [0.1, 0.15) is 11.1 Å². The molecule has 0 unspecified atom stereocenters. The van der Waals surface area contributed by atoms with Crippen molar-refractivity contribution in [1.82, 2.24) is 4.57 Å². The molecular weight excluding hydrogens is 356 g/mol. The summed E-state index contributed by atoms with van der Waals surface area (Å²) < 4.78 is 1.80. The second kappa shape index (κ2) is 6.45. The Morgan fingerprint density at radius 3 is 2.71 bits per heavy atom. The fourth-order valence-corrected chi connectivity index (χ4v) is 2.65. The first-order valence-electron chi connectivity index (χ1n) is 6.29. The van der Waals surface area contributed by atoms with E-state index in [4.69, 9.17) is 11.6 Å². The fraction of sp³-hybridized carbons (Fsp3) is 0.200. The monoisotopic (exact) mass is 368 g/mol. The highest BCUT2D eigenvalue weighted by Crippen LogP contribution is 2.19. The molecule has 4 nitrogen and oxygen atoms in total. The number of carbonyl (C=O) groups is 1. The number of aryl methyl sites for hydroxylation is 2. The smallest absolute Gasteiger partial charge is 0.265 e. The molecule has 0 atom stereocenters. The zero-order valence-electron chi connectivity index (χ0n) is 11.6. The van der Waals surface area contributed by atoms with E-state index in [0.717, 1.165) is 11.1 Å². The lowest BCUT2D eigenvalue weighted by Gasteiger charge is -2.09. The molecule has 2 aromatic rings. The van der Waals surface area contributed by atoms with Gasteiger partial charge in [-0.05, 0) is 59.1 Å². The Morgan fingerprint density at radius 2 is 2.05 bits per heavy atom. The molecule has 0 spiro atoms. The molecular formula is C15H14BrClN2O2. The first kappa shape index (κ1) is 15.8. The molecule has 0 saturated heterocycles. The van der Waals surface area contributed by atoms with Crippen molar-refractivity contribution in [2.24, 2.45) is 0 Å². The van der Waals surface area contributed by atoms with E-state index in [0.29, 0.717) is 15.2 Å². The molecule has 0 aliphatic rings. The van der Waals surface area contributed by atoms with Gasteiger partial charge >= 0.3 is 0 Å². The minimum Gasteiger partial charge on any atom is -0.324 e. The van der Waals surface area contributed by atoms with Gasteiger partial charge in [-0.3, -0.25) is 9.59 Å². The van der Waals surface area contributed by atoms with Crippen molar-refractivity contribution in [1.29, 1.82) is 0 Å². The number of nitrogens with zero attached hydrogens (tertiary/aromatic N) is 1. The van der Waals surface area contributed by atoms with E-state index in [2.05, 4.69) is 21.2 Å². The second-order valence-corrected chi connectivity index (χ2v) is 6.07. The highest BCUT2D eigenvalue weighted by molar-refractivity contribution is 9.10. The molecule has 2 rings (SSSR count). The van der Waals surface area contributed by atoms with Crippen LogP contribution in [0.5, 0.6) is 0 Å². The standard InChI is InChI=1S/C15H14BrClN2O2/c1-9-5-12(16)15(21)19(7-9)8-14(20)18-11-4-3-10(2)13(17)6-11/h3-7H,8H2,1-2H3,(H,18,20). The van der Waals surface area contributed by atoms with Crippen molar-refractivity contribution < 1.29 is 4.79 Å². The van der Waals surface area contributed by atoms with Crippen molar-refractivity contribution in [2.45, 2.75) is 20.4 Å². The minimum atomic E-state index is -0.283. The number of benzene rings is 1. The summed E-state index contributed by atoms with van der Waals surface area (Å²) in [5.74, 6) is -0.283. The van der Waals surface area contributed by atoms with Crippen LogP contribution in [-0.4, -0.2) is 10.5 Å². The van der Waals surface area contributed by atoms with Gasteiger partial charge in [-0.25, -0.2) is 0 Å². The fourth-order valence-electron chi connectivity index (χ4n) is 1.88. The Morgan fingerprint density at radius 1 is 1.33 bits per heavy atom. The number of amides is 1. The number of pyridine rings is 1. The van der Waals surface area contributed by atoms with E-state index in [9.17, 15) is 9.59 Å². The number of anilines is 1. The first-order chi connectivity index (χ1) is 9.86. The average Bonchev–Trinajstić information content (AvgIpc) is 2.39. The number of hydrogen-bond acceptors (Lipinski definition) is 2.